The van der Waals surface area contributed by atoms with Gasteiger partial charge in [-0.15, -0.1) is 10.2 Å². The Kier molecular flexibility index (Phi) is 4.71. The second-order valence-electron chi connectivity index (χ2n) is 6.04. The van der Waals surface area contributed by atoms with E-state index < -0.39 is 0 Å². The molecule has 4 rings (SSSR count). The van der Waals surface area contributed by atoms with Crippen molar-refractivity contribution in [3.05, 3.63) is 39.7 Å². The molecule has 25 heavy (non-hydrogen) atoms. The highest BCUT2D eigenvalue weighted by atomic mass is 127. The molecule has 0 aliphatic carbocycles. The summed E-state index contributed by atoms with van der Waals surface area (Å²) in [4.78, 5) is 12.4. The molecular formula is C17H19IN6O. The second kappa shape index (κ2) is 7.12. The van der Waals surface area contributed by atoms with E-state index in [0.29, 0.717) is 5.88 Å². The molecule has 7 nitrogen and oxygen atoms in total. The summed E-state index contributed by atoms with van der Waals surface area (Å²) in [6, 6.07) is 6.15. The number of ether oxygens (including phenoxy) is 1. The van der Waals surface area contributed by atoms with Gasteiger partial charge in [0, 0.05) is 56.6 Å². The van der Waals surface area contributed by atoms with Crippen LogP contribution < -0.4 is 9.64 Å². The van der Waals surface area contributed by atoms with Crippen molar-refractivity contribution in [3.63, 3.8) is 0 Å². The first-order valence-electron chi connectivity index (χ1n) is 8.20. The van der Waals surface area contributed by atoms with E-state index >= 15 is 0 Å². The van der Waals surface area contributed by atoms with Crippen molar-refractivity contribution < 1.29 is 4.74 Å². The van der Waals surface area contributed by atoms with Gasteiger partial charge < -0.3 is 14.6 Å². The molecule has 1 aliphatic rings. The lowest BCUT2D eigenvalue weighted by Gasteiger charge is -2.35. The Labute approximate surface area is 159 Å². The van der Waals surface area contributed by atoms with Crippen LogP contribution in [0.3, 0.4) is 0 Å². The molecule has 3 aromatic heterocycles. The van der Waals surface area contributed by atoms with Crippen molar-refractivity contribution in [2.24, 2.45) is 0 Å². The summed E-state index contributed by atoms with van der Waals surface area (Å²) in [6.07, 6.45) is 3.89. The summed E-state index contributed by atoms with van der Waals surface area (Å²) in [7, 11) is 1.62. The number of piperazine rings is 1. The first kappa shape index (κ1) is 16.5. The number of anilines is 1. The molecule has 130 valence electrons. The fourth-order valence-corrected chi connectivity index (χ4v) is 3.77. The number of halogens is 1. The van der Waals surface area contributed by atoms with Gasteiger partial charge >= 0.3 is 0 Å². The SMILES string of the molecule is COc1nnc(N2CCN(Cc3c[nH]c4ncccc34)CC2)cc1I. The van der Waals surface area contributed by atoms with Gasteiger partial charge in [-0.05, 0) is 40.3 Å². The maximum atomic E-state index is 5.18. The van der Waals surface area contributed by atoms with E-state index in [9.17, 15) is 0 Å². The summed E-state index contributed by atoms with van der Waals surface area (Å²) in [5.74, 6) is 1.50. The highest BCUT2D eigenvalue weighted by Gasteiger charge is 2.20. The molecule has 0 amide bonds. The summed E-state index contributed by atoms with van der Waals surface area (Å²) in [5.41, 5.74) is 2.26. The van der Waals surface area contributed by atoms with Gasteiger partial charge in [0.15, 0.2) is 5.82 Å². The Morgan fingerprint density at radius 1 is 1.24 bits per heavy atom. The summed E-state index contributed by atoms with van der Waals surface area (Å²) in [6.45, 7) is 4.81. The number of hydrogen-bond donors (Lipinski definition) is 1. The minimum atomic E-state index is 0.580. The van der Waals surface area contributed by atoms with Crippen molar-refractivity contribution in [1.29, 1.82) is 0 Å². The maximum Gasteiger partial charge on any atom is 0.246 e. The topological polar surface area (TPSA) is 70.2 Å². The van der Waals surface area contributed by atoms with Gasteiger partial charge in [0.05, 0.1) is 10.7 Å². The second-order valence-corrected chi connectivity index (χ2v) is 7.20. The Morgan fingerprint density at radius 2 is 2.08 bits per heavy atom. The normalized spacial score (nSPS) is 15.7. The largest absolute Gasteiger partial charge is 0.479 e. The average molecular weight is 450 g/mol. The lowest BCUT2D eigenvalue weighted by atomic mass is 10.2. The van der Waals surface area contributed by atoms with E-state index in [2.05, 4.69) is 64.8 Å². The minimum absolute atomic E-state index is 0.580. The molecule has 0 spiro atoms. The van der Waals surface area contributed by atoms with Crippen LogP contribution in [0, 0.1) is 3.57 Å². The zero-order chi connectivity index (χ0) is 17.2. The van der Waals surface area contributed by atoms with Crippen molar-refractivity contribution in [2.75, 3.05) is 38.2 Å². The zero-order valence-corrected chi connectivity index (χ0v) is 16.1. The molecule has 8 heteroatoms. The van der Waals surface area contributed by atoms with Crippen molar-refractivity contribution in [3.8, 4) is 5.88 Å². The van der Waals surface area contributed by atoms with Gasteiger partial charge in [-0.25, -0.2) is 4.98 Å². The molecule has 4 heterocycles. The van der Waals surface area contributed by atoms with Crippen LogP contribution in [0.2, 0.25) is 0 Å². The summed E-state index contributed by atoms with van der Waals surface area (Å²) in [5, 5.41) is 9.64. The molecule has 0 aromatic carbocycles. The third-order valence-electron chi connectivity index (χ3n) is 4.52. The lowest BCUT2D eigenvalue weighted by Crippen LogP contribution is -2.46. The first-order valence-corrected chi connectivity index (χ1v) is 9.28. The third kappa shape index (κ3) is 3.40. The van der Waals surface area contributed by atoms with E-state index in [1.807, 2.05) is 18.3 Å². The minimum Gasteiger partial charge on any atom is -0.479 e. The number of fused-ring (bicyclic) bond motifs is 1. The quantitative estimate of drug-likeness (QED) is 0.616. The van der Waals surface area contributed by atoms with Gasteiger partial charge in [0.25, 0.3) is 0 Å². The Morgan fingerprint density at radius 3 is 2.84 bits per heavy atom. The smallest absolute Gasteiger partial charge is 0.246 e. The molecule has 1 N–H and O–H groups in total. The van der Waals surface area contributed by atoms with Crippen LogP contribution in [-0.4, -0.2) is 58.4 Å². The zero-order valence-electron chi connectivity index (χ0n) is 13.9. The maximum absolute atomic E-state index is 5.18. The number of methoxy groups -OCH3 is 1. The van der Waals surface area contributed by atoms with Crippen LogP contribution in [0.25, 0.3) is 11.0 Å². The molecule has 0 unspecified atom stereocenters. The van der Waals surface area contributed by atoms with Gasteiger partial charge in [0.1, 0.15) is 5.65 Å². The van der Waals surface area contributed by atoms with Gasteiger partial charge in [-0.1, -0.05) is 0 Å². The van der Waals surface area contributed by atoms with E-state index in [-0.39, 0.29) is 0 Å². The number of nitrogens with zero attached hydrogens (tertiary/aromatic N) is 5. The van der Waals surface area contributed by atoms with Gasteiger partial charge in [-0.3, -0.25) is 4.90 Å². The van der Waals surface area contributed by atoms with Crippen LogP contribution >= 0.6 is 22.6 Å². The number of nitrogens with one attached hydrogen (secondary N) is 1. The van der Waals surface area contributed by atoms with Crippen LogP contribution in [0.5, 0.6) is 5.88 Å². The number of H-pyrrole nitrogens is 1. The van der Waals surface area contributed by atoms with Gasteiger partial charge in [-0.2, -0.15) is 0 Å². The number of rotatable bonds is 4. The van der Waals surface area contributed by atoms with E-state index in [4.69, 9.17) is 4.74 Å². The molecule has 0 saturated carbocycles. The van der Waals surface area contributed by atoms with Crippen LogP contribution in [0.4, 0.5) is 5.82 Å². The number of pyridine rings is 1. The molecule has 1 fully saturated rings. The molecule has 1 aliphatic heterocycles. The number of aromatic amines is 1. The first-order chi connectivity index (χ1) is 12.2. The van der Waals surface area contributed by atoms with Gasteiger partial charge in [0.2, 0.25) is 5.88 Å². The predicted octanol–water partition coefficient (Wildman–Crippen LogP) is 2.29. The predicted molar refractivity (Wildman–Crippen MR) is 105 cm³/mol. The highest BCUT2D eigenvalue weighted by Crippen LogP contribution is 2.23. The monoisotopic (exact) mass is 450 g/mol. The fourth-order valence-electron chi connectivity index (χ4n) is 3.16. The molecule has 0 radical (unpaired) electrons. The highest BCUT2D eigenvalue weighted by molar-refractivity contribution is 14.1. The Hall–Kier alpha value is -1.94. The van der Waals surface area contributed by atoms with E-state index in [1.165, 1.54) is 10.9 Å². The van der Waals surface area contributed by atoms with Crippen molar-refractivity contribution >= 4 is 39.4 Å². The Balaban J connectivity index is 1.40. The lowest BCUT2D eigenvalue weighted by molar-refractivity contribution is 0.250. The molecular weight excluding hydrogens is 431 g/mol. The van der Waals surface area contributed by atoms with E-state index in [1.54, 1.807) is 7.11 Å². The summed E-state index contributed by atoms with van der Waals surface area (Å²) < 4.78 is 6.17. The third-order valence-corrected chi connectivity index (χ3v) is 5.30. The molecule has 0 atom stereocenters. The van der Waals surface area contributed by atoms with Crippen LogP contribution in [0.1, 0.15) is 5.56 Å². The van der Waals surface area contributed by atoms with Crippen LogP contribution in [0.15, 0.2) is 30.6 Å². The number of aromatic nitrogens is 4. The standard InChI is InChI=1S/C17H19IN6O/c1-25-17-14(18)9-15(21-22-17)24-7-5-23(6-8-24)11-12-10-20-16-13(12)3-2-4-19-16/h2-4,9-10H,5-8,11H2,1H3,(H,19,20). The van der Waals surface area contributed by atoms with Crippen molar-refractivity contribution in [1.82, 2.24) is 25.1 Å². The molecule has 1 saturated heterocycles. The average Bonchev–Trinajstić information content (AvgIpc) is 3.05. The van der Waals surface area contributed by atoms with Crippen LogP contribution in [-0.2, 0) is 6.54 Å². The molecule has 0 bridgehead atoms. The summed E-state index contributed by atoms with van der Waals surface area (Å²) >= 11 is 2.23. The van der Waals surface area contributed by atoms with Crippen molar-refractivity contribution in [2.45, 2.75) is 6.54 Å². The molecule has 3 aromatic rings. The Bertz CT molecular complexity index is 874. The fraction of sp³-hybridized carbons (Fsp3) is 0.353. The number of hydrogen-bond acceptors (Lipinski definition) is 6. The van der Waals surface area contributed by atoms with E-state index in [0.717, 1.165) is 47.8 Å².